The minimum atomic E-state index is -4.71. The fourth-order valence-corrected chi connectivity index (χ4v) is 8.60. The monoisotopic (exact) mass is 775 g/mol. The molecule has 1 unspecified atom stereocenters. The normalized spacial score (nSPS) is 19.5. The highest BCUT2D eigenvalue weighted by atomic mass is 35.5. The Labute approximate surface area is 316 Å². The zero-order valence-corrected chi connectivity index (χ0v) is 31.9. The molecule has 1 atom stereocenters. The van der Waals surface area contributed by atoms with E-state index in [2.05, 4.69) is 22.9 Å². The molecule has 6 rings (SSSR count). The van der Waals surface area contributed by atoms with E-state index < -0.39 is 27.6 Å². The van der Waals surface area contributed by atoms with Crippen molar-refractivity contribution in [2.24, 2.45) is 0 Å². The third-order valence-corrected chi connectivity index (χ3v) is 11.4. The number of carbonyl (C=O) groups is 2. The van der Waals surface area contributed by atoms with Crippen molar-refractivity contribution in [3.63, 3.8) is 0 Å². The molecule has 3 aromatic rings. The summed E-state index contributed by atoms with van der Waals surface area (Å²) >= 11 is 0. The van der Waals surface area contributed by atoms with Crippen molar-refractivity contribution >= 4 is 52.5 Å². The average Bonchev–Trinajstić information content (AvgIpc) is 3.39. The van der Waals surface area contributed by atoms with Crippen molar-refractivity contribution in [3.8, 4) is 23.3 Å². The number of carbonyl (C=O) groups excluding carboxylic acids is 2. The summed E-state index contributed by atoms with van der Waals surface area (Å²) in [4.78, 5) is 35.4. The fourth-order valence-electron chi connectivity index (χ4n) is 7.01. The summed E-state index contributed by atoms with van der Waals surface area (Å²) in [7, 11) is 0.141. The molecular weight excluding hydrogens is 733 g/mol. The summed E-state index contributed by atoms with van der Waals surface area (Å²) in [5, 5.41) is 9.93. The number of ether oxygens (including phenoxy) is 4. The van der Waals surface area contributed by atoms with Crippen molar-refractivity contribution in [1.82, 2.24) is 14.7 Å². The molecule has 52 heavy (non-hydrogen) atoms. The lowest BCUT2D eigenvalue weighted by Crippen LogP contribution is -2.54. The van der Waals surface area contributed by atoms with E-state index in [4.69, 9.17) is 18.9 Å². The van der Waals surface area contributed by atoms with E-state index in [9.17, 15) is 18.5 Å². The van der Waals surface area contributed by atoms with E-state index in [1.54, 1.807) is 36.1 Å². The molecule has 3 aromatic carbocycles. The lowest BCUT2D eigenvalue weighted by molar-refractivity contribution is -0.132. The first-order chi connectivity index (χ1) is 24.1. The standard InChI is InChI=1S/C36H41N5O8S.2ClH/c1-5-48-31-9-7-6-8-28(31)36(49-35(43)40-16-14-26(15-17-40)39-20-18-38(2)19-21-39)29-22-25(24-37)10-12-30(29)41(34(36)42)50(44,45)33-13-11-27(46-3)23-32(33)47-4;;/h6-13,22-23,26H,5,14-21H2,1-4H3;2*1H. The van der Waals surface area contributed by atoms with Gasteiger partial charge in [0.2, 0.25) is 5.60 Å². The van der Waals surface area contributed by atoms with Crippen LogP contribution in [-0.4, -0.2) is 108 Å². The Morgan fingerprint density at radius 3 is 2.23 bits per heavy atom. The summed E-state index contributed by atoms with van der Waals surface area (Å²) in [5.41, 5.74) is -2.11. The zero-order chi connectivity index (χ0) is 35.6. The highest BCUT2D eigenvalue weighted by Crippen LogP contribution is 2.52. The summed E-state index contributed by atoms with van der Waals surface area (Å²) in [6, 6.07) is 17.2. The van der Waals surface area contributed by atoms with Gasteiger partial charge in [-0.05, 0) is 63.2 Å². The number of benzene rings is 3. The van der Waals surface area contributed by atoms with Crippen LogP contribution in [0.3, 0.4) is 0 Å². The van der Waals surface area contributed by atoms with Gasteiger partial charge in [0.15, 0.2) is 0 Å². The van der Waals surface area contributed by atoms with Crippen molar-refractivity contribution in [2.75, 3.05) is 71.4 Å². The molecule has 0 aliphatic carbocycles. The largest absolute Gasteiger partial charge is 0.497 e. The van der Waals surface area contributed by atoms with Crippen LogP contribution in [0.2, 0.25) is 0 Å². The number of sulfonamides is 1. The number of fused-ring (bicyclic) bond motifs is 1. The average molecular weight is 777 g/mol. The number of halogens is 2. The number of hydrogen-bond donors (Lipinski definition) is 0. The molecule has 0 spiro atoms. The molecule has 13 nitrogen and oxygen atoms in total. The number of methoxy groups -OCH3 is 2. The van der Waals surface area contributed by atoms with Crippen molar-refractivity contribution in [2.45, 2.75) is 36.3 Å². The van der Waals surface area contributed by atoms with Crippen LogP contribution in [0.15, 0.2) is 65.6 Å². The maximum Gasteiger partial charge on any atom is 0.411 e. The number of nitrogens with zero attached hydrogens (tertiary/aromatic N) is 5. The predicted octanol–water partition coefficient (Wildman–Crippen LogP) is 4.65. The Bertz CT molecular complexity index is 1930. The summed E-state index contributed by atoms with van der Waals surface area (Å²) in [6.07, 6.45) is 0.667. The highest BCUT2D eigenvalue weighted by molar-refractivity contribution is 7.93. The van der Waals surface area contributed by atoms with Crippen LogP contribution in [0.1, 0.15) is 36.5 Å². The van der Waals surface area contributed by atoms with Crippen LogP contribution in [-0.2, 0) is 25.2 Å². The van der Waals surface area contributed by atoms with Gasteiger partial charge in [-0.25, -0.2) is 13.2 Å². The molecule has 3 aliphatic heterocycles. The number of hydrogen-bond acceptors (Lipinski definition) is 11. The van der Waals surface area contributed by atoms with E-state index in [0.717, 1.165) is 39.0 Å². The first kappa shape index (κ1) is 40.5. The van der Waals surface area contributed by atoms with E-state index in [0.29, 0.717) is 29.2 Å². The molecule has 280 valence electrons. The van der Waals surface area contributed by atoms with Gasteiger partial charge in [0.25, 0.3) is 15.9 Å². The number of para-hydroxylation sites is 1. The van der Waals surface area contributed by atoms with Crippen molar-refractivity contribution in [3.05, 3.63) is 77.4 Å². The smallest absolute Gasteiger partial charge is 0.411 e. The summed E-state index contributed by atoms with van der Waals surface area (Å²) in [5.74, 6) is -0.550. The van der Waals surface area contributed by atoms with Gasteiger partial charge in [0, 0.05) is 56.9 Å². The Hall–Kier alpha value is -4.26. The van der Waals surface area contributed by atoms with Gasteiger partial charge in [-0.1, -0.05) is 18.2 Å². The number of amides is 2. The third kappa shape index (κ3) is 7.20. The van der Waals surface area contributed by atoms with Crippen LogP contribution < -0.4 is 18.5 Å². The second kappa shape index (κ2) is 16.6. The Morgan fingerprint density at radius 1 is 0.904 bits per heavy atom. The molecule has 0 radical (unpaired) electrons. The van der Waals surface area contributed by atoms with E-state index >= 15 is 4.79 Å². The maximum atomic E-state index is 15.1. The first-order valence-corrected chi connectivity index (χ1v) is 18.0. The van der Waals surface area contributed by atoms with Gasteiger partial charge >= 0.3 is 6.09 Å². The van der Waals surface area contributed by atoms with Gasteiger partial charge in [0.05, 0.1) is 43.7 Å². The summed E-state index contributed by atoms with van der Waals surface area (Å²) < 4.78 is 52.8. The topological polar surface area (TPSA) is 142 Å². The quantitative estimate of drug-likeness (QED) is 0.300. The second-order valence-corrected chi connectivity index (χ2v) is 14.2. The molecular formula is C36H43Cl2N5O8S. The van der Waals surface area contributed by atoms with Gasteiger partial charge < -0.3 is 28.7 Å². The summed E-state index contributed by atoms with van der Waals surface area (Å²) in [6.45, 7) is 6.65. The number of nitriles is 1. The molecule has 0 saturated carbocycles. The van der Waals surface area contributed by atoms with E-state index in [1.807, 2.05) is 0 Å². The Kier molecular flexibility index (Phi) is 12.9. The van der Waals surface area contributed by atoms with Gasteiger partial charge in [-0.3, -0.25) is 9.69 Å². The molecule has 2 fully saturated rings. The SMILES string of the molecule is CCOc1ccccc1C1(OC(=O)N2CCC(N3CCN(C)CC3)CC2)C(=O)N(S(=O)(=O)c2ccc(OC)cc2OC)c2ccc(C#N)cc21.Cl.Cl. The molecule has 2 saturated heterocycles. The predicted molar refractivity (Wildman–Crippen MR) is 198 cm³/mol. The molecule has 2 amide bonds. The number of likely N-dealkylation sites (N-methyl/N-ethyl adjacent to an activating group) is 1. The van der Waals surface area contributed by atoms with Crippen molar-refractivity contribution < 1.29 is 37.0 Å². The molecule has 0 bridgehead atoms. The fraction of sp³-hybridized carbons (Fsp3) is 0.417. The van der Waals surface area contributed by atoms with E-state index in [-0.39, 0.29) is 70.2 Å². The minimum Gasteiger partial charge on any atom is -0.497 e. The minimum absolute atomic E-state index is 0. The number of piperazine rings is 1. The van der Waals surface area contributed by atoms with E-state index in [1.165, 1.54) is 50.6 Å². The number of rotatable bonds is 9. The van der Waals surface area contributed by atoms with Gasteiger partial charge in [0.1, 0.15) is 22.1 Å². The van der Waals surface area contributed by atoms with Crippen LogP contribution in [0.25, 0.3) is 0 Å². The van der Waals surface area contributed by atoms with Crippen LogP contribution in [0, 0.1) is 11.3 Å². The van der Waals surface area contributed by atoms with Crippen LogP contribution in [0.5, 0.6) is 17.2 Å². The lowest BCUT2D eigenvalue weighted by Gasteiger charge is -2.42. The van der Waals surface area contributed by atoms with Crippen molar-refractivity contribution in [1.29, 1.82) is 5.26 Å². The molecule has 3 heterocycles. The number of piperidine rings is 1. The lowest BCUT2D eigenvalue weighted by atomic mass is 9.85. The third-order valence-electron chi connectivity index (χ3n) is 9.68. The number of anilines is 1. The molecule has 0 aromatic heterocycles. The molecule has 16 heteroatoms. The van der Waals surface area contributed by atoms with Gasteiger partial charge in [-0.2, -0.15) is 9.57 Å². The molecule has 0 N–H and O–H groups in total. The first-order valence-electron chi connectivity index (χ1n) is 16.6. The van der Waals surface area contributed by atoms with Crippen LogP contribution in [0.4, 0.5) is 10.5 Å². The number of likely N-dealkylation sites (tertiary alicyclic amines) is 1. The van der Waals surface area contributed by atoms with Crippen LogP contribution >= 0.6 is 24.8 Å². The highest BCUT2D eigenvalue weighted by Gasteiger charge is 2.61. The maximum absolute atomic E-state index is 15.1. The Balaban J connectivity index is 0.00000302. The molecule has 3 aliphatic rings. The van der Waals surface area contributed by atoms with Gasteiger partial charge in [-0.15, -0.1) is 24.8 Å². The zero-order valence-electron chi connectivity index (χ0n) is 29.4. The Morgan fingerprint density at radius 2 is 1.60 bits per heavy atom. The second-order valence-electron chi connectivity index (χ2n) is 12.5.